The molecule has 0 fully saturated rings. The van der Waals surface area contributed by atoms with Gasteiger partial charge >= 0.3 is 0 Å². The van der Waals surface area contributed by atoms with Gasteiger partial charge in [0.2, 0.25) is 6.79 Å². The minimum Gasteiger partial charge on any atom is -0.454 e. The molecule has 0 unspecified atom stereocenters. The molecule has 1 aliphatic heterocycles. The summed E-state index contributed by atoms with van der Waals surface area (Å²) in [6.45, 7) is 7.76. The van der Waals surface area contributed by atoms with Crippen LogP contribution in [0.2, 0.25) is 5.02 Å². The highest BCUT2D eigenvalue weighted by molar-refractivity contribution is 6.32. The fraction of sp³-hybridized carbons (Fsp3) is 0.600. The summed E-state index contributed by atoms with van der Waals surface area (Å²) in [6.07, 6.45) is 1.11. The molecule has 0 saturated carbocycles. The Labute approximate surface area is 125 Å². The quantitative estimate of drug-likeness (QED) is 0.748. The van der Waals surface area contributed by atoms with Crippen LogP contribution in [0.1, 0.15) is 25.8 Å². The van der Waals surface area contributed by atoms with Crippen molar-refractivity contribution in [3.8, 4) is 11.5 Å². The molecule has 1 heterocycles. The van der Waals surface area contributed by atoms with Gasteiger partial charge in [-0.05, 0) is 30.0 Å². The average Bonchev–Trinajstić information content (AvgIpc) is 2.86. The van der Waals surface area contributed by atoms with Gasteiger partial charge in [0.15, 0.2) is 11.5 Å². The Kier molecular flexibility index (Phi) is 5.95. The van der Waals surface area contributed by atoms with E-state index < -0.39 is 0 Å². The summed E-state index contributed by atoms with van der Waals surface area (Å²) in [4.78, 5) is 0. The van der Waals surface area contributed by atoms with Crippen molar-refractivity contribution in [1.29, 1.82) is 0 Å². The molecule has 0 bridgehead atoms. The maximum absolute atomic E-state index is 6.13. The highest BCUT2D eigenvalue weighted by Crippen LogP contribution is 2.39. The zero-order valence-electron chi connectivity index (χ0n) is 12.1. The third kappa shape index (κ3) is 4.54. The van der Waals surface area contributed by atoms with Gasteiger partial charge < -0.3 is 19.5 Å². The van der Waals surface area contributed by atoms with Gasteiger partial charge in [-0.3, -0.25) is 0 Å². The van der Waals surface area contributed by atoms with E-state index in [1.807, 2.05) is 12.1 Å². The number of hydrogen-bond acceptors (Lipinski definition) is 4. The first kappa shape index (κ1) is 15.4. The fourth-order valence-corrected chi connectivity index (χ4v) is 2.21. The molecule has 1 aromatic rings. The fourth-order valence-electron chi connectivity index (χ4n) is 1.92. The molecule has 0 saturated heterocycles. The van der Waals surface area contributed by atoms with Crippen molar-refractivity contribution in [2.45, 2.75) is 26.8 Å². The molecule has 1 aliphatic rings. The number of nitrogens with one attached hydrogen (secondary N) is 1. The third-order valence-corrected chi connectivity index (χ3v) is 3.36. The lowest BCUT2D eigenvalue weighted by molar-refractivity contribution is 0.125. The normalized spacial score (nSPS) is 13.2. The highest BCUT2D eigenvalue weighted by atomic mass is 35.5. The topological polar surface area (TPSA) is 39.7 Å². The summed E-state index contributed by atoms with van der Waals surface area (Å²) >= 11 is 6.13. The molecule has 0 radical (unpaired) electrons. The SMILES string of the molecule is CC(C)CCOCCNCc1cc(Cl)c2c(c1)OCO2. The minimum absolute atomic E-state index is 0.246. The Morgan fingerprint density at radius 1 is 1.30 bits per heavy atom. The maximum atomic E-state index is 6.13. The molecule has 1 aromatic carbocycles. The number of halogens is 1. The van der Waals surface area contributed by atoms with Crippen LogP contribution in [0.4, 0.5) is 0 Å². The van der Waals surface area contributed by atoms with Gasteiger partial charge in [-0.1, -0.05) is 25.4 Å². The van der Waals surface area contributed by atoms with Gasteiger partial charge in [-0.2, -0.15) is 0 Å². The van der Waals surface area contributed by atoms with Gasteiger partial charge in [0.1, 0.15) is 0 Å². The Hall–Kier alpha value is -0.970. The van der Waals surface area contributed by atoms with Crippen LogP contribution in [-0.4, -0.2) is 26.6 Å². The van der Waals surface area contributed by atoms with Crippen LogP contribution in [0, 0.1) is 5.92 Å². The Morgan fingerprint density at radius 2 is 2.15 bits per heavy atom. The first-order valence-corrected chi connectivity index (χ1v) is 7.41. The van der Waals surface area contributed by atoms with E-state index >= 15 is 0 Å². The first-order chi connectivity index (χ1) is 9.66. The summed E-state index contributed by atoms with van der Waals surface area (Å²) in [7, 11) is 0. The maximum Gasteiger partial charge on any atom is 0.231 e. The number of fused-ring (bicyclic) bond motifs is 1. The van der Waals surface area contributed by atoms with E-state index in [1.54, 1.807) is 0 Å². The molecule has 0 aliphatic carbocycles. The lowest BCUT2D eigenvalue weighted by Crippen LogP contribution is -2.19. The standard InChI is InChI=1S/C15H22ClNO3/c1-11(2)3-5-18-6-4-17-9-12-7-13(16)15-14(8-12)19-10-20-15/h7-8,11,17H,3-6,9-10H2,1-2H3. The third-order valence-electron chi connectivity index (χ3n) is 3.08. The molecule has 0 aromatic heterocycles. The van der Waals surface area contributed by atoms with Crippen molar-refractivity contribution in [3.63, 3.8) is 0 Å². The van der Waals surface area contributed by atoms with E-state index in [0.717, 1.165) is 44.0 Å². The Balaban J connectivity index is 1.66. The molecule has 5 heteroatoms. The number of benzene rings is 1. The highest BCUT2D eigenvalue weighted by Gasteiger charge is 2.17. The van der Waals surface area contributed by atoms with E-state index in [1.165, 1.54) is 0 Å². The van der Waals surface area contributed by atoms with E-state index in [4.69, 9.17) is 25.8 Å². The van der Waals surface area contributed by atoms with Crippen LogP contribution in [0.5, 0.6) is 11.5 Å². The van der Waals surface area contributed by atoms with E-state index in [0.29, 0.717) is 16.7 Å². The second kappa shape index (κ2) is 7.72. The van der Waals surface area contributed by atoms with Gasteiger partial charge in [0.05, 0.1) is 11.6 Å². The average molecular weight is 300 g/mol. The Morgan fingerprint density at radius 3 is 2.95 bits per heavy atom. The monoisotopic (exact) mass is 299 g/mol. The molecule has 1 N–H and O–H groups in total. The lowest BCUT2D eigenvalue weighted by atomic mass is 10.1. The van der Waals surface area contributed by atoms with Crippen molar-refractivity contribution >= 4 is 11.6 Å². The van der Waals surface area contributed by atoms with Crippen molar-refractivity contribution in [3.05, 3.63) is 22.7 Å². The predicted octanol–water partition coefficient (Wildman–Crippen LogP) is 3.22. The smallest absolute Gasteiger partial charge is 0.231 e. The van der Waals surface area contributed by atoms with Crippen LogP contribution in [-0.2, 0) is 11.3 Å². The summed E-state index contributed by atoms with van der Waals surface area (Å²) in [5.74, 6) is 2.06. The summed E-state index contributed by atoms with van der Waals surface area (Å²) in [5, 5.41) is 3.93. The van der Waals surface area contributed by atoms with Crippen LogP contribution >= 0.6 is 11.6 Å². The predicted molar refractivity (Wildman–Crippen MR) is 79.6 cm³/mol. The summed E-state index contributed by atoms with van der Waals surface area (Å²) in [5.41, 5.74) is 1.08. The minimum atomic E-state index is 0.246. The molecule has 2 rings (SSSR count). The van der Waals surface area contributed by atoms with Crippen LogP contribution in [0.3, 0.4) is 0 Å². The van der Waals surface area contributed by atoms with Crippen LogP contribution in [0.15, 0.2) is 12.1 Å². The van der Waals surface area contributed by atoms with E-state index in [2.05, 4.69) is 19.2 Å². The molecular weight excluding hydrogens is 278 g/mol. The number of ether oxygens (including phenoxy) is 3. The van der Waals surface area contributed by atoms with Gasteiger partial charge in [-0.25, -0.2) is 0 Å². The second-order valence-corrected chi connectivity index (χ2v) is 5.69. The van der Waals surface area contributed by atoms with Crippen molar-refractivity contribution < 1.29 is 14.2 Å². The Bertz CT molecular complexity index is 437. The molecule has 4 nitrogen and oxygen atoms in total. The van der Waals surface area contributed by atoms with Crippen LogP contribution in [0.25, 0.3) is 0 Å². The number of hydrogen-bond donors (Lipinski definition) is 1. The molecule has 0 atom stereocenters. The van der Waals surface area contributed by atoms with Gasteiger partial charge in [-0.15, -0.1) is 0 Å². The molecule has 0 spiro atoms. The zero-order chi connectivity index (χ0) is 14.4. The van der Waals surface area contributed by atoms with Crippen LogP contribution < -0.4 is 14.8 Å². The zero-order valence-corrected chi connectivity index (χ0v) is 12.8. The molecule has 0 amide bonds. The van der Waals surface area contributed by atoms with Gasteiger partial charge in [0.25, 0.3) is 0 Å². The molecule has 112 valence electrons. The number of rotatable bonds is 8. The van der Waals surface area contributed by atoms with E-state index in [-0.39, 0.29) is 6.79 Å². The van der Waals surface area contributed by atoms with Crippen molar-refractivity contribution in [2.24, 2.45) is 5.92 Å². The molecular formula is C15H22ClNO3. The first-order valence-electron chi connectivity index (χ1n) is 7.03. The van der Waals surface area contributed by atoms with Crippen molar-refractivity contribution in [1.82, 2.24) is 5.32 Å². The van der Waals surface area contributed by atoms with E-state index in [9.17, 15) is 0 Å². The lowest BCUT2D eigenvalue weighted by Gasteiger charge is -2.08. The van der Waals surface area contributed by atoms with Crippen molar-refractivity contribution in [2.75, 3.05) is 26.6 Å². The second-order valence-electron chi connectivity index (χ2n) is 5.28. The van der Waals surface area contributed by atoms with Gasteiger partial charge in [0, 0.05) is 19.7 Å². The molecule has 20 heavy (non-hydrogen) atoms. The largest absolute Gasteiger partial charge is 0.454 e. The summed E-state index contributed by atoms with van der Waals surface area (Å²) in [6, 6.07) is 3.86. The summed E-state index contributed by atoms with van der Waals surface area (Å²) < 4.78 is 16.2.